The second-order valence-corrected chi connectivity index (χ2v) is 8.53. The van der Waals surface area contributed by atoms with E-state index in [1.165, 1.54) is 6.07 Å². The summed E-state index contributed by atoms with van der Waals surface area (Å²) in [5, 5.41) is 3.90. The maximum atomic E-state index is 14.7. The van der Waals surface area contributed by atoms with E-state index in [0.29, 0.717) is 61.3 Å². The van der Waals surface area contributed by atoms with Crippen molar-refractivity contribution in [3.63, 3.8) is 0 Å². The summed E-state index contributed by atoms with van der Waals surface area (Å²) in [6.07, 6.45) is 1.70. The Hall–Kier alpha value is -3.68. The lowest BCUT2D eigenvalue weighted by Crippen LogP contribution is -2.07. The van der Waals surface area contributed by atoms with Crippen molar-refractivity contribution in [2.75, 3.05) is 19.5 Å². The molecule has 0 amide bonds. The number of rotatable bonds is 5. The molecule has 9 heteroatoms. The second-order valence-electron chi connectivity index (χ2n) is 7.72. The Morgan fingerprint density at radius 3 is 2.37 bits per heavy atom. The van der Waals surface area contributed by atoms with Gasteiger partial charge in [-0.25, -0.2) is 14.4 Å². The SMILES string of the molecule is COc1ccc(Nc2ncc3c(n2)-c2cc(Cl)c(Cl)cc2C(c2ccccc2F)=NC3)cc1OC. The zero-order chi connectivity index (χ0) is 24.5. The first-order valence-corrected chi connectivity index (χ1v) is 11.4. The van der Waals surface area contributed by atoms with Crippen LogP contribution in [0.4, 0.5) is 16.0 Å². The number of aromatic nitrogens is 2. The average Bonchev–Trinajstić information content (AvgIpc) is 3.01. The Balaban J connectivity index is 1.61. The fourth-order valence-electron chi connectivity index (χ4n) is 3.93. The predicted molar refractivity (Wildman–Crippen MR) is 136 cm³/mol. The monoisotopic (exact) mass is 508 g/mol. The molecule has 4 aromatic rings. The fourth-order valence-corrected chi connectivity index (χ4v) is 4.26. The second kappa shape index (κ2) is 9.52. The van der Waals surface area contributed by atoms with Crippen molar-refractivity contribution < 1.29 is 13.9 Å². The molecule has 0 fully saturated rings. The van der Waals surface area contributed by atoms with Crippen molar-refractivity contribution in [1.82, 2.24) is 9.97 Å². The number of fused-ring (bicyclic) bond motifs is 3. The van der Waals surface area contributed by atoms with Crippen molar-refractivity contribution in [3.8, 4) is 22.8 Å². The number of hydrogen-bond donors (Lipinski definition) is 1. The van der Waals surface area contributed by atoms with Gasteiger partial charge in [0.15, 0.2) is 11.5 Å². The van der Waals surface area contributed by atoms with Crippen LogP contribution in [0, 0.1) is 5.82 Å². The van der Waals surface area contributed by atoms with Crippen LogP contribution in [0.2, 0.25) is 10.0 Å². The molecule has 1 aromatic heterocycles. The standard InChI is InChI=1S/C26H19Cl2FN4O2/c1-34-22-8-7-15(9-23(22)35-2)32-26-31-13-14-12-30-25(16-5-3-4-6-21(16)29)18-11-20(28)19(27)10-17(18)24(14)33-26/h3-11,13H,12H2,1-2H3,(H,31,32,33). The lowest BCUT2D eigenvalue weighted by molar-refractivity contribution is 0.355. The molecular weight excluding hydrogens is 490 g/mol. The van der Waals surface area contributed by atoms with Crippen LogP contribution in [0.15, 0.2) is 65.8 Å². The molecule has 0 aliphatic carbocycles. The highest BCUT2D eigenvalue weighted by Crippen LogP contribution is 2.38. The number of methoxy groups -OCH3 is 2. The summed E-state index contributed by atoms with van der Waals surface area (Å²) in [6, 6.07) is 15.3. The minimum atomic E-state index is -0.379. The molecule has 0 spiro atoms. The Morgan fingerprint density at radius 2 is 1.63 bits per heavy atom. The first-order valence-electron chi connectivity index (χ1n) is 10.6. The van der Waals surface area contributed by atoms with Gasteiger partial charge >= 0.3 is 0 Å². The number of ether oxygens (including phenoxy) is 2. The number of nitrogens with zero attached hydrogens (tertiary/aromatic N) is 3. The maximum absolute atomic E-state index is 14.7. The molecule has 0 saturated carbocycles. The van der Waals surface area contributed by atoms with Crippen LogP contribution in [-0.2, 0) is 6.54 Å². The lowest BCUT2D eigenvalue weighted by Gasteiger charge is -2.14. The molecule has 3 aromatic carbocycles. The van der Waals surface area contributed by atoms with Crippen LogP contribution < -0.4 is 14.8 Å². The van der Waals surface area contributed by atoms with Crippen LogP contribution in [0.1, 0.15) is 16.7 Å². The number of halogens is 3. The minimum absolute atomic E-state index is 0.263. The summed E-state index contributed by atoms with van der Waals surface area (Å²) < 4.78 is 25.4. The van der Waals surface area contributed by atoms with E-state index in [1.54, 1.807) is 62.9 Å². The van der Waals surface area contributed by atoms with Gasteiger partial charge in [-0.3, -0.25) is 4.99 Å². The van der Waals surface area contributed by atoms with Gasteiger partial charge in [0.25, 0.3) is 0 Å². The molecule has 1 aliphatic heterocycles. The summed E-state index contributed by atoms with van der Waals surface area (Å²) in [5.41, 5.74) is 4.29. The number of aliphatic imine (C=N–C) groups is 1. The van der Waals surface area contributed by atoms with Gasteiger partial charge < -0.3 is 14.8 Å². The highest BCUT2D eigenvalue weighted by atomic mass is 35.5. The molecule has 176 valence electrons. The third-order valence-electron chi connectivity index (χ3n) is 5.61. The number of hydrogen-bond acceptors (Lipinski definition) is 6. The quantitative estimate of drug-likeness (QED) is 0.324. The van der Waals surface area contributed by atoms with E-state index >= 15 is 0 Å². The van der Waals surface area contributed by atoms with Crippen molar-refractivity contribution in [3.05, 3.63) is 93.3 Å². The van der Waals surface area contributed by atoms with Gasteiger partial charge in [-0.2, -0.15) is 0 Å². The van der Waals surface area contributed by atoms with Crippen molar-refractivity contribution in [1.29, 1.82) is 0 Å². The molecule has 0 bridgehead atoms. The van der Waals surface area contributed by atoms with E-state index in [9.17, 15) is 4.39 Å². The normalized spacial score (nSPS) is 12.2. The van der Waals surface area contributed by atoms with Crippen LogP contribution in [0.5, 0.6) is 11.5 Å². The van der Waals surface area contributed by atoms with E-state index < -0.39 is 0 Å². The highest BCUT2D eigenvalue weighted by Gasteiger charge is 2.24. The Kier molecular flexibility index (Phi) is 6.28. The largest absolute Gasteiger partial charge is 0.493 e. The summed E-state index contributed by atoms with van der Waals surface area (Å²) in [4.78, 5) is 13.9. The molecule has 35 heavy (non-hydrogen) atoms. The zero-order valence-electron chi connectivity index (χ0n) is 18.8. The van der Waals surface area contributed by atoms with Gasteiger partial charge in [0, 0.05) is 40.2 Å². The summed E-state index contributed by atoms with van der Waals surface area (Å²) in [7, 11) is 3.15. The van der Waals surface area contributed by atoms with Crippen molar-refractivity contribution in [2.45, 2.75) is 6.54 Å². The molecule has 2 heterocycles. The smallest absolute Gasteiger partial charge is 0.227 e. The van der Waals surface area contributed by atoms with Crippen LogP contribution >= 0.6 is 23.2 Å². The molecule has 0 saturated heterocycles. The van der Waals surface area contributed by atoms with E-state index in [1.807, 2.05) is 6.07 Å². The van der Waals surface area contributed by atoms with Gasteiger partial charge in [0.2, 0.25) is 5.95 Å². The highest BCUT2D eigenvalue weighted by molar-refractivity contribution is 6.42. The van der Waals surface area contributed by atoms with E-state index in [-0.39, 0.29) is 12.4 Å². The first kappa shape index (κ1) is 23.1. The fraction of sp³-hybridized carbons (Fsp3) is 0.115. The van der Waals surface area contributed by atoms with Crippen LogP contribution in [0.25, 0.3) is 11.3 Å². The van der Waals surface area contributed by atoms with Gasteiger partial charge in [-0.1, -0.05) is 35.3 Å². The van der Waals surface area contributed by atoms with E-state index in [0.717, 1.165) is 5.56 Å². The molecule has 1 aliphatic rings. The third-order valence-corrected chi connectivity index (χ3v) is 6.33. The zero-order valence-corrected chi connectivity index (χ0v) is 20.3. The van der Waals surface area contributed by atoms with E-state index in [2.05, 4.69) is 10.3 Å². The van der Waals surface area contributed by atoms with Gasteiger partial charge in [-0.15, -0.1) is 0 Å². The molecule has 6 nitrogen and oxygen atoms in total. The summed E-state index contributed by atoms with van der Waals surface area (Å²) in [6.45, 7) is 0.263. The van der Waals surface area contributed by atoms with Crippen LogP contribution in [-0.4, -0.2) is 29.9 Å². The molecule has 0 radical (unpaired) electrons. The Bertz CT molecular complexity index is 1480. The predicted octanol–water partition coefficient (Wildman–Crippen LogP) is 6.70. The third kappa shape index (κ3) is 4.40. The van der Waals surface area contributed by atoms with Crippen LogP contribution in [0.3, 0.4) is 0 Å². The molecule has 0 atom stereocenters. The molecular formula is C26H19Cl2FN4O2. The Labute approximate surface area is 211 Å². The average molecular weight is 509 g/mol. The van der Waals surface area contributed by atoms with Crippen molar-refractivity contribution in [2.24, 2.45) is 4.99 Å². The molecule has 5 rings (SSSR count). The van der Waals surface area contributed by atoms with E-state index in [4.69, 9.17) is 42.7 Å². The summed E-state index contributed by atoms with van der Waals surface area (Å²) in [5.74, 6) is 1.17. The van der Waals surface area contributed by atoms with Gasteiger partial charge in [0.05, 0.1) is 42.2 Å². The number of benzene rings is 3. The minimum Gasteiger partial charge on any atom is -0.493 e. The number of nitrogens with one attached hydrogen (secondary N) is 1. The molecule has 1 N–H and O–H groups in total. The Morgan fingerprint density at radius 1 is 0.886 bits per heavy atom. The molecule has 0 unspecified atom stereocenters. The topological polar surface area (TPSA) is 68.6 Å². The summed E-state index contributed by atoms with van der Waals surface area (Å²) >= 11 is 12.8. The van der Waals surface area contributed by atoms with Crippen molar-refractivity contribution >= 4 is 40.5 Å². The first-order chi connectivity index (χ1) is 17.0. The lowest BCUT2D eigenvalue weighted by atomic mass is 9.95. The van der Waals surface area contributed by atoms with Gasteiger partial charge in [-0.05, 0) is 36.4 Å². The van der Waals surface area contributed by atoms with Gasteiger partial charge in [0.1, 0.15) is 5.82 Å². The number of anilines is 2. The maximum Gasteiger partial charge on any atom is 0.227 e.